The largest absolute Gasteiger partial charge is 0.317 e. The van der Waals surface area contributed by atoms with E-state index in [1.54, 1.807) is 40.7 Å². The number of rotatable bonds is 4. The number of piperidine rings is 1. The lowest BCUT2D eigenvalue weighted by molar-refractivity contribution is 0.258. The van der Waals surface area contributed by atoms with Crippen molar-refractivity contribution in [2.75, 3.05) is 17.4 Å². The van der Waals surface area contributed by atoms with Crippen molar-refractivity contribution in [3.05, 3.63) is 58.9 Å². The highest BCUT2D eigenvalue weighted by atomic mass is 35.5. The summed E-state index contributed by atoms with van der Waals surface area (Å²) in [6, 6.07) is 10.7. The van der Waals surface area contributed by atoms with Crippen molar-refractivity contribution >= 4 is 27.3 Å². The second-order valence-corrected chi connectivity index (χ2v) is 10.8. The summed E-state index contributed by atoms with van der Waals surface area (Å²) < 4.78 is 43.5. The van der Waals surface area contributed by atoms with E-state index < -0.39 is 10.0 Å². The van der Waals surface area contributed by atoms with Crippen LogP contribution in [0.1, 0.15) is 37.7 Å². The summed E-state index contributed by atoms with van der Waals surface area (Å²) in [4.78, 5) is 0.226. The van der Waals surface area contributed by atoms with E-state index in [0.29, 0.717) is 16.6 Å². The monoisotopic (exact) mass is 434 g/mol. The minimum Gasteiger partial charge on any atom is -0.317 e. The zero-order chi connectivity index (χ0) is 20.2. The van der Waals surface area contributed by atoms with Crippen LogP contribution in [0.4, 0.5) is 10.1 Å². The molecule has 3 aliphatic rings. The number of benzene rings is 2. The minimum atomic E-state index is -3.79. The van der Waals surface area contributed by atoms with Gasteiger partial charge in [-0.2, -0.15) is 0 Å². The molecule has 1 atom stereocenters. The van der Waals surface area contributed by atoms with Crippen molar-refractivity contribution in [2.24, 2.45) is 5.92 Å². The normalized spacial score (nSPS) is 23.4. The van der Waals surface area contributed by atoms with E-state index >= 15 is 0 Å². The van der Waals surface area contributed by atoms with Crippen molar-refractivity contribution in [3.8, 4) is 0 Å². The molecule has 1 N–H and O–H groups in total. The van der Waals surface area contributed by atoms with Crippen LogP contribution in [0.25, 0.3) is 0 Å². The van der Waals surface area contributed by atoms with Crippen LogP contribution in [-0.2, 0) is 15.4 Å². The molecule has 1 spiro atoms. The van der Waals surface area contributed by atoms with E-state index in [9.17, 15) is 12.8 Å². The predicted molar refractivity (Wildman–Crippen MR) is 112 cm³/mol. The number of hydrogen-bond donors (Lipinski definition) is 1. The number of anilines is 1. The van der Waals surface area contributed by atoms with Gasteiger partial charge >= 0.3 is 0 Å². The van der Waals surface area contributed by atoms with E-state index in [4.69, 9.17) is 11.6 Å². The molecule has 2 heterocycles. The van der Waals surface area contributed by atoms with Gasteiger partial charge < -0.3 is 5.32 Å². The first-order chi connectivity index (χ1) is 13.9. The highest BCUT2D eigenvalue weighted by Crippen LogP contribution is 2.55. The summed E-state index contributed by atoms with van der Waals surface area (Å²) in [6.45, 7) is 1.62. The smallest absolute Gasteiger partial charge is 0.264 e. The molecule has 1 saturated carbocycles. The molecular formula is C22H24ClFN2O2S. The lowest BCUT2D eigenvalue weighted by atomic mass is 9.68. The van der Waals surface area contributed by atoms with Crippen LogP contribution in [0.5, 0.6) is 0 Å². The molecule has 0 unspecified atom stereocenters. The van der Waals surface area contributed by atoms with Gasteiger partial charge in [-0.05, 0) is 86.3 Å². The molecular weight excluding hydrogens is 411 g/mol. The second-order valence-electron chi connectivity index (χ2n) is 8.52. The van der Waals surface area contributed by atoms with Crippen LogP contribution in [0, 0.1) is 11.7 Å². The van der Waals surface area contributed by atoms with Crippen molar-refractivity contribution in [2.45, 2.75) is 48.5 Å². The lowest BCUT2D eigenvalue weighted by Gasteiger charge is -2.42. The Labute approximate surface area is 176 Å². The standard InChI is InChI=1S/C22H24ClFN2O2S/c23-16-3-6-18(7-4-16)29(27,28)26-20-8-5-17(24)14-19(20)22(9-11-25-12-10-22)21(26)13-15-1-2-15/h3-8,14-15,21,25H,1-2,9-13H2/t21-/m1/s1. The Morgan fingerprint density at radius 2 is 1.79 bits per heavy atom. The van der Waals surface area contributed by atoms with Crippen molar-refractivity contribution in [1.29, 1.82) is 0 Å². The highest BCUT2D eigenvalue weighted by molar-refractivity contribution is 7.92. The lowest BCUT2D eigenvalue weighted by Crippen LogP contribution is -2.52. The number of nitrogens with one attached hydrogen (secondary N) is 1. The summed E-state index contributed by atoms with van der Waals surface area (Å²) >= 11 is 5.99. The van der Waals surface area contributed by atoms with Gasteiger partial charge in [-0.15, -0.1) is 0 Å². The van der Waals surface area contributed by atoms with Gasteiger partial charge in [-0.3, -0.25) is 4.31 Å². The molecule has 4 nitrogen and oxygen atoms in total. The Balaban J connectivity index is 1.69. The maximum atomic E-state index is 14.3. The zero-order valence-corrected chi connectivity index (χ0v) is 17.6. The Bertz CT molecular complexity index is 1030. The quantitative estimate of drug-likeness (QED) is 0.771. The second kappa shape index (κ2) is 6.96. The molecule has 1 aliphatic carbocycles. The van der Waals surface area contributed by atoms with Gasteiger partial charge in [0, 0.05) is 10.4 Å². The molecule has 154 valence electrons. The fraction of sp³-hybridized carbons (Fsp3) is 0.455. The first-order valence-corrected chi connectivity index (χ1v) is 12.0. The van der Waals surface area contributed by atoms with Crippen molar-refractivity contribution in [3.63, 3.8) is 0 Å². The molecule has 0 bridgehead atoms. The third-order valence-electron chi connectivity index (χ3n) is 6.77. The van der Waals surface area contributed by atoms with Gasteiger partial charge in [0.05, 0.1) is 16.6 Å². The van der Waals surface area contributed by atoms with Crippen molar-refractivity contribution < 1.29 is 12.8 Å². The number of halogens is 2. The predicted octanol–water partition coefficient (Wildman–Crippen LogP) is 4.48. The first-order valence-electron chi connectivity index (χ1n) is 10.2. The SMILES string of the molecule is O=S(=O)(c1ccc(Cl)cc1)N1c2ccc(F)cc2C2(CCNCC2)[C@H]1CC1CC1. The van der Waals surface area contributed by atoms with Crippen LogP contribution in [0.3, 0.4) is 0 Å². The summed E-state index contributed by atoms with van der Waals surface area (Å²) in [5, 5.41) is 3.88. The van der Waals surface area contributed by atoms with E-state index in [1.807, 2.05) is 0 Å². The summed E-state index contributed by atoms with van der Waals surface area (Å²) in [6.07, 6.45) is 4.73. The fourth-order valence-electron chi connectivity index (χ4n) is 5.15. The van der Waals surface area contributed by atoms with Gasteiger partial charge in [0.15, 0.2) is 0 Å². The summed E-state index contributed by atoms with van der Waals surface area (Å²) in [7, 11) is -3.79. The highest BCUT2D eigenvalue weighted by Gasteiger charge is 2.55. The van der Waals surface area contributed by atoms with E-state index in [-0.39, 0.29) is 22.2 Å². The molecule has 2 fully saturated rings. The van der Waals surface area contributed by atoms with Gasteiger partial charge in [-0.25, -0.2) is 12.8 Å². The first kappa shape index (κ1) is 19.3. The maximum absolute atomic E-state index is 14.3. The molecule has 0 radical (unpaired) electrons. The Morgan fingerprint density at radius 1 is 1.10 bits per heavy atom. The molecule has 0 amide bonds. The van der Waals surface area contributed by atoms with Crippen LogP contribution in [-0.4, -0.2) is 27.5 Å². The van der Waals surface area contributed by atoms with E-state index in [1.165, 1.54) is 6.07 Å². The van der Waals surface area contributed by atoms with E-state index in [2.05, 4.69) is 5.32 Å². The van der Waals surface area contributed by atoms with Crippen LogP contribution >= 0.6 is 11.6 Å². The van der Waals surface area contributed by atoms with Crippen LogP contribution in [0.15, 0.2) is 47.4 Å². The number of sulfonamides is 1. The minimum absolute atomic E-state index is 0.186. The third-order valence-corrected chi connectivity index (χ3v) is 8.86. The molecule has 29 heavy (non-hydrogen) atoms. The fourth-order valence-corrected chi connectivity index (χ4v) is 7.03. The van der Waals surface area contributed by atoms with Gasteiger partial charge in [0.25, 0.3) is 10.0 Å². The third kappa shape index (κ3) is 3.16. The number of fused-ring (bicyclic) bond motifs is 2. The van der Waals surface area contributed by atoms with Crippen LogP contribution < -0.4 is 9.62 Å². The molecule has 7 heteroatoms. The average Bonchev–Trinajstić information content (AvgIpc) is 3.49. The Hall–Kier alpha value is -1.63. The average molecular weight is 435 g/mol. The Kier molecular flexibility index (Phi) is 4.64. The molecule has 1 saturated heterocycles. The zero-order valence-electron chi connectivity index (χ0n) is 16.1. The molecule has 2 aliphatic heterocycles. The van der Waals surface area contributed by atoms with Crippen LogP contribution in [0.2, 0.25) is 5.02 Å². The maximum Gasteiger partial charge on any atom is 0.264 e. The molecule has 2 aromatic carbocycles. The number of hydrogen-bond acceptors (Lipinski definition) is 3. The Morgan fingerprint density at radius 3 is 2.45 bits per heavy atom. The van der Waals surface area contributed by atoms with Gasteiger partial charge in [0.1, 0.15) is 5.82 Å². The van der Waals surface area contributed by atoms with Gasteiger partial charge in [0.2, 0.25) is 0 Å². The summed E-state index contributed by atoms with van der Waals surface area (Å²) in [5.74, 6) is 0.242. The number of nitrogens with zero attached hydrogens (tertiary/aromatic N) is 1. The topological polar surface area (TPSA) is 49.4 Å². The summed E-state index contributed by atoms with van der Waals surface area (Å²) in [5.41, 5.74) is 1.14. The molecule has 2 aromatic rings. The van der Waals surface area contributed by atoms with Crippen molar-refractivity contribution in [1.82, 2.24) is 5.32 Å². The molecule has 0 aromatic heterocycles. The van der Waals surface area contributed by atoms with Gasteiger partial charge in [-0.1, -0.05) is 24.4 Å². The molecule has 5 rings (SSSR count). The van der Waals surface area contributed by atoms with E-state index in [0.717, 1.165) is 50.8 Å².